The van der Waals surface area contributed by atoms with E-state index >= 15 is 0 Å². The van der Waals surface area contributed by atoms with Crippen LogP contribution in [-0.4, -0.2) is 32.8 Å². The van der Waals surface area contributed by atoms with Crippen LogP contribution in [0.4, 0.5) is 0 Å². The lowest BCUT2D eigenvalue weighted by Crippen LogP contribution is -2.25. The molecule has 0 amide bonds. The second-order valence-corrected chi connectivity index (χ2v) is 6.97. The molecular weight excluding hydrogens is 362 g/mol. The van der Waals surface area contributed by atoms with Crippen LogP contribution in [0.25, 0.3) is 0 Å². The van der Waals surface area contributed by atoms with E-state index in [4.69, 9.17) is 14.2 Å². The maximum Gasteiger partial charge on any atom is 0.203 e. The van der Waals surface area contributed by atoms with Crippen molar-refractivity contribution in [2.75, 3.05) is 27.9 Å². The van der Waals surface area contributed by atoms with E-state index < -0.39 is 0 Å². The molecule has 0 bridgehead atoms. The van der Waals surface area contributed by atoms with E-state index in [-0.39, 0.29) is 0 Å². The van der Waals surface area contributed by atoms with Gasteiger partial charge in [0.2, 0.25) is 5.75 Å². The third kappa shape index (κ3) is 5.75. The molecule has 0 radical (unpaired) electrons. The highest BCUT2D eigenvalue weighted by Gasteiger charge is 2.15. The largest absolute Gasteiger partial charge is 0.493 e. The zero-order valence-corrected chi connectivity index (χ0v) is 17.4. The molecule has 0 N–H and O–H groups in total. The van der Waals surface area contributed by atoms with Crippen molar-refractivity contribution in [3.8, 4) is 17.2 Å². The summed E-state index contributed by atoms with van der Waals surface area (Å²) in [5.41, 5.74) is 3.77. The lowest BCUT2D eigenvalue weighted by molar-refractivity contribution is 0.258. The van der Waals surface area contributed by atoms with Gasteiger partial charge in [0.1, 0.15) is 0 Å². The highest BCUT2D eigenvalue weighted by Crippen LogP contribution is 2.38. The molecule has 0 aromatic heterocycles. The lowest BCUT2D eigenvalue weighted by atomic mass is 10.1. The molecular formula is C25H29NO3. The van der Waals surface area contributed by atoms with Crippen LogP contribution in [0.5, 0.6) is 17.2 Å². The molecule has 3 aromatic carbocycles. The Kier molecular flexibility index (Phi) is 7.54. The van der Waals surface area contributed by atoms with E-state index in [0.717, 1.165) is 31.6 Å². The van der Waals surface area contributed by atoms with E-state index in [2.05, 4.69) is 65.6 Å². The van der Waals surface area contributed by atoms with Gasteiger partial charge in [0.15, 0.2) is 11.5 Å². The van der Waals surface area contributed by atoms with Crippen LogP contribution in [0.3, 0.4) is 0 Å². The van der Waals surface area contributed by atoms with Crippen molar-refractivity contribution in [3.63, 3.8) is 0 Å². The first-order chi connectivity index (χ1) is 14.2. The van der Waals surface area contributed by atoms with Crippen molar-refractivity contribution < 1.29 is 14.2 Å². The Hall–Kier alpha value is -2.98. The first-order valence-electron chi connectivity index (χ1n) is 9.82. The first-order valence-corrected chi connectivity index (χ1v) is 9.82. The van der Waals surface area contributed by atoms with E-state index in [9.17, 15) is 0 Å². The molecule has 0 unspecified atom stereocenters. The second kappa shape index (κ2) is 10.5. The summed E-state index contributed by atoms with van der Waals surface area (Å²) < 4.78 is 16.5. The number of hydrogen-bond acceptors (Lipinski definition) is 4. The molecule has 3 aromatic rings. The Morgan fingerprint density at radius 3 is 1.66 bits per heavy atom. The lowest BCUT2D eigenvalue weighted by Gasteiger charge is -2.24. The standard InChI is InChI=1S/C25H29NO3/c1-27-23-16-22(17-24(28-2)25(23)29-3)19-26(18-21-12-8-5-9-13-21)15-14-20-10-6-4-7-11-20/h4-13,16-17H,14-15,18-19H2,1-3H3. The molecule has 0 fully saturated rings. The van der Waals surface area contributed by atoms with Gasteiger partial charge in [-0.25, -0.2) is 0 Å². The van der Waals surface area contributed by atoms with E-state index in [1.807, 2.05) is 12.1 Å². The van der Waals surface area contributed by atoms with Crippen LogP contribution in [0.2, 0.25) is 0 Å². The zero-order chi connectivity index (χ0) is 20.5. The van der Waals surface area contributed by atoms with Crippen LogP contribution in [0.15, 0.2) is 72.8 Å². The van der Waals surface area contributed by atoms with E-state index in [0.29, 0.717) is 17.2 Å². The molecule has 0 heterocycles. The predicted octanol–water partition coefficient (Wildman–Crippen LogP) is 4.96. The molecule has 4 nitrogen and oxygen atoms in total. The summed E-state index contributed by atoms with van der Waals surface area (Å²) >= 11 is 0. The van der Waals surface area contributed by atoms with Crippen LogP contribution in [0.1, 0.15) is 16.7 Å². The van der Waals surface area contributed by atoms with Crippen molar-refractivity contribution in [1.29, 1.82) is 0 Å². The molecule has 0 saturated carbocycles. The van der Waals surface area contributed by atoms with E-state index in [1.54, 1.807) is 21.3 Å². The van der Waals surface area contributed by atoms with Crippen LogP contribution in [-0.2, 0) is 19.5 Å². The minimum atomic E-state index is 0.623. The van der Waals surface area contributed by atoms with Crippen molar-refractivity contribution in [3.05, 3.63) is 89.5 Å². The van der Waals surface area contributed by atoms with Crippen LogP contribution < -0.4 is 14.2 Å². The van der Waals surface area contributed by atoms with Crippen molar-refractivity contribution >= 4 is 0 Å². The molecule has 29 heavy (non-hydrogen) atoms. The third-order valence-electron chi connectivity index (χ3n) is 4.94. The normalized spacial score (nSPS) is 10.8. The fraction of sp³-hybridized carbons (Fsp3) is 0.280. The number of benzene rings is 3. The van der Waals surface area contributed by atoms with Gasteiger partial charge < -0.3 is 14.2 Å². The topological polar surface area (TPSA) is 30.9 Å². The van der Waals surface area contributed by atoms with Gasteiger partial charge in [-0.15, -0.1) is 0 Å². The molecule has 3 rings (SSSR count). The Labute approximate surface area is 173 Å². The summed E-state index contributed by atoms with van der Waals surface area (Å²) in [5, 5.41) is 0. The Balaban J connectivity index is 1.81. The van der Waals surface area contributed by atoms with Gasteiger partial charge in [-0.3, -0.25) is 4.90 Å². The van der Waals surface area contributed by atoms with Gasteiger partial charge >= 0.3 is 0 Å². The highest BCUT2D eigenvalue weighted by molar-refractivity contribution is 5.53. The Morgan fingerprint density at radius 1 is 0.621 bits per heavy atom. The maximum atomic E-state index is 5.53. The smallest absolute Gasteiger partial charge is 0.203 e. The van der Waals surface area contributed by atoms with Gasteiger partial charge in [0, 0.05) is 19.6 Å². The minimum absolute atomic E-state index is 0.623. The summed E-state index contributed by atoms with van der Waals surface area (Å²) in [6.07, 6.45) is 0.998. The maximum absolute atomic E-state index is 5.53. The number of rotatable bonds is 10. The summed E-state index contributed by atoms with van der Waals surface area (Å²) in [7, 11) is 4.93. The molecule has 4 heteroatoms. The molecule has 0 spiro atoms. The molecule has 152 valence electrons. The average molecular weight is 392 g/mol. The number of ether oxygens (including phenoxy) is 3. The molecule has 0 saturated heterocycles. The number of nitrogens with zero attached hydrogens (tertiary/aromatic N) is 1. The molecule has 0 aliphatic heterocycles. The van der Waals surface area contributed by atoms with Crippen molar-refractivity contribution in [1.82, 2.24) is 4.90 Å². The zero-order valence-electron chi connectivity index (χ0n) is 17.4. The number of methoxy groups -OCH3 is 3. The summed E-state index contributed by atoms with van der Waals surface area (Å²) in [4.78, 5) is 2.45. The highest BCUT2D eigenvalue weighted by atomic mass is 16.5. The van der Waals surface area contributed by atoms with Gasteiger partial charge in [-0.2, -0.15) is 0 Å². The first kappa shape index (κ1) is 20.7. The quantitative estimate of drug-likeness (QED) is 0.489. The molecule has 0 aliphatic carbocycles. The second-order valence-electron chi connectivity index (χ2n) is 6.97. The fourth-order valence-corrected chi connectivity index (χ4v) is 3.47. The Bertz CT molecular complexity index is 856. The molecule has 0 aliphatic rings. The van der Waals surface area contributed by atoms with Crippen LogP contribution in [0, 0.1) is 0 Å². The van der Waals surface area contributed by atoms with E-state index in [1.165, 1.54) is 11.1 Å². The fourth-order valence-electron chi connectivity index (χ4n) is 3.47. The predicted molar refractivity (Wildman–Crippen MR) is 117 cm³/mol. The van der Waals surface area contributed by atoms with Crippen molar-refractivity contribution in [2.24, 2.45) is 0 Å². The van der Waals surface area contributed by atoms with Gasteiger partial charge in [-0.05, 0) is 35.2 Å². The third-order valence-corrected chi connectivity index (χ3v) is 4.94. The van der Waals surface area contributed by atoms with Gasteiger partial charge in [-0.1, -0.05) is 60.7 Å². The van der Waals surface area contributed by atoms with Crippen molar-refractivity contribution in [2.45, 2.75) is 19.5 Å². The SMILES string of the molecule is COc1cc(CN(CCc2ccccc2)Cc2ccccc2)cc(OC)c1OC. The van der Waals surface area contributed by atoms with Crippen LogP contribution >= 0.6 is 0 Å². The Morgan fingerprint density at radius 2 is 1.14 bits per heavy atom. The average Bonchev–Trinajstić information content (AvgIpc) is 2.78. The van der Waals surface area contributed by atoms with Gasteiger partial charge in [0.05, 0.1) is 21.3 Å². The summed E-state index contributed by atoms with van der Waals surface area (Å²) in [6, 6.07) is 25.2. The monoisotopic (exact) mass is 391 g/mol. The van der Waals surface area contributed by atoms with Gasteiger partial charge in [0.25, 0.3) is 0 Å². The summed E-state index contributed by atoms with van der Waals surface area (Å²) in [6.45, 7) is 2.62. The molecule has 0 atom stereocenters. The summed E-state index contributed by atoms with van der Waals surface area (Å²) in [5.74, 6) is 1.99. The number of hydrogen-bond donors (Lipinski definition) is 0. The minimum Gasteiger partial charge on any atom is -0.493 e.